The van der Waals surface area contributed by atoms with Gasteiger partial charge < -0.3 is 11.1 Å². The summed E-state index contributed by atoms with van der Waals surface area (Å²) in [4.78, 5) is 25.1. The predicted molar refractivity (Wildman–Crippen MR) is 90.5 cm³/mol. The fourth-order valence-electron chi connectivity index (χ4n) is 3.00. The van der Waals surface area contributed by atoms with Crippen LogP contribution in [-0.2, 0) is 22.6 Å². The number of aromatic nitrogens is 3. The zero-order valence-electron chi connectivity index (χ0n) is 14.8. The van der Waals surface area contributed by atoms with Gasteiger partial charge in [-0.2, -0.15) is 0 Å². The lowest BCUT2D eigenvalue weighted by atomic mass is 9.87. The smallest absolute Gasteiger partial charge is 0.166 e. The number of aryl methyl sites for hydroxylation is 1. The first-order chi connectivity index (χ1) is 11.3. The van der Waals surface area contributed by atoms with Crippen molar-refractivity contribution in [3.63, 3.8) is 0 Å². The van der Waals surface area contributed by atoms with Crippen LogP contribution in [0.15, 0.2) is 6.20 Å². The van der Waals surface area contributed by atoms with Gasteiger partial charge in [0.15, 0.2) is 11.6 Å². The number of rotatable bonds is 3. The van der Waals surface area contributed by atoms with E-state index in [1.807, 2.05) is 13.1 Å². The van der Waals surface area contributed by atoms with Crippen LogP contribution in [0.3, 0.4) is 0 Å². The lowest BCUT2D eigenvalue weighted by Crippen LogP contribution is -2.58. The maximum atomic E-state index is 12.7. The van der Waals surface area contributed by atoms with E-state index in [1.54, 1.807) is 18.7 Å². The molecule has 8 nitrogen and oxygen atoms in total. The summed E-state index contributed by atoms with van der Waals surface area (Å²) in [5.74, 6) is -0.104. The minimum atomic E-state index is -0.937. The third-order valence-corrected chi connectivity index (χ3v) is 5.04. The first-order valence-corrected chi connectivity index (χ1v) is 8.42. The molecule has 0 radical (unpaired) electrons. The molecule has 0 unspecified atom stereocenters. The van der Waals surface area contributed by atoms with Crippen molar-refractivity contribution in [3.8, 4) is 0 Å². The van der Waals surface area contributed by atoms with E-state index < -0.39 is 11.1 Å². The molecule has 1 aromatic heterocycles. The normalized spacial score (nSPS) is 29.4. The molecule has 2 heterocycles. The number of likely N-dealkylation sites (N-methyl/N-ethyl adjacent to an activating group) is 1. The Bertz CT molecular complexity index is 601. The molecule has 2 atom stereocenters. The van der Waals surface area contributed by atoms with Crippen molar-refractivity contribution in [2.45, 2.75) is 57.2 Å². The van der Waals surface area contributed by atoms with Gasteiger partial charge in [-0.25, -0.2) is 0 Å². The zero-order chi connectivity index (χ0) is 17.8. The summed E-state index contributed by atoms with van der Waals surface area (Å²) in [6.45, 7) is 4.44. The van der Waals surface area contributed by atoms with Crippen LogP contribution in [0, 0.1) is 0 Å². The van der Waals surface area contributed by atoms with Gasteiger partial charge in [0.25, 0.3) is 0 Å². The highest BCUT2D eigenvalue weighted by Gasteiger charge is 2.36. The van der Waals surface area contributed by atoms with Crippen LogP contribution in [0.2, 0.25) is 0 Å². The maximum Gasteiger partial charge on any atom is 0.166 e. The van der Waals surface area contributed by atoms with Gasteiger partial charge in [0.1, 0.15) is 0 Å². The van der Waals surface area contributed by atoms with Gasteiger partial charge in [0, 0.05) is 19.2 Å². The number of Topliss-reactive ketones (excluding diaryl/α,β-unsaturated/α-hetero) is 2. The molecule has 2 rings (SSSR count). The monoisotopic (exact) mass is 336 g/mol. The van der Waals surface area contributed by atoms with E-state index in [9.17, 15) is 9.59 Å². The number of ketones is 2. The number of fused-ring (bicyclic) bond motifs is 2. The van der Waals surface area contributed by atoms with Crippen LogP contribution < -0.4 is 16.4 Å². The van der Waals surface area contributed by atoms with Crippen LogP contribution in [0.5, 0.6) is 0 Å². The molecule has 2 bridgehead atoms. The minimum absolute atomic E-state index is 0.0429. The second-order valence-corrected chi connectivity index (χ2v) is 6.93. The Hall–Kier alpha value is -1.64. The van der Waals surface area contributed by atoms with E-state index in [4.69, 9.17) is 5.73 Å². The number of hydrogen-bond donors (Lipinski definition) is 3. The van der Waals surface area contributed by atoms with E-state index in [0.29, 0.717) is 6.42 Å². The van der Waals surface area contributed by atoms with E-state index in [-0.39, 0.29) is 24.7 Å². The van der Waals surface area contributed by atoms with E-state index in [1.165, 1.54) is 0 Å². The molecule has 0 aromatic carbocycles. The molecule has 0 fully saturated rings. The van der Waals surface area contributed by atoms with Crippen LogP contribution >= 0.6 is 0 Å². The average molecular weight is 336 g/mol. The number of carbonyl (C=O) groups is 2. The SMILES string of the molecule is CN[C@@]1(C)CCCCn2cc(nn2)C[C@@](C)(C(=O)CN)NCC1=O. The van der Waals surface area contributed by atoms with Crippen molar-refractivity contribution in [3.05, 3.63) is 11.9 Å². The fraction of sp³-hybridized carbons (Fsp3) is 0.750. The summed E-state index contributed by atoms with van der Waals surface area (Å²) in [7, 11) is 1.80. The second-order valence-electron chi connectivity index (χ2n) is 6.93. The minimum Gasteiger partial charge on any atom is -0.324 e. The highest BCUT2D eigenvalue weighted by molar-refractivity contribution is 5.93. The van der Waals surface area contributed by atoms with Crippen molar-refractivity contribution >= 4 is 11.6 Å². The molecule has 0 saturated carbocycles. The first-order valence-electron chi connectivity index (χ1n) is 8.42. The molecule has 1 aromatic rings. The Balaban J connectivity index is 2.29. The van der Waals surface area contributed by atoms with Gasteiger partial charge in [-0.05, 0) is 40.2 Å². The predicted octanol–water partition coefficient (Wildman–Crippen LogP) is -0.572. The number of nitrogens with two attached hydrogens (primary N) is 1. The molecule has 0 saturated heterocycles. The molecule has 0 amide bonds. The largest absolute Gasteiger partial charge is 0.324 e. The summed E-state index contributed by atoms with van der Waals surface area (Å²) in [5.41, 5.74) is 4.74. The lowest BCUT2D eigenvalue weighted by Gasteiger charge is -2.32. The van der Waals surface area contributed by atoms with Crippen LogP contribution in [0.1, 0.15) is 38.8 Å². The Morgan fingerprint density at radius 3 is 2.88 bits per heavy atom. The number of nitrogens with zero attached hydrogens (tertiary/aromatic N) is 3. The molecule has 1 aliphatic heterocycles. The molecular formula is C16H28N6O2. The summed E-state index contributed by atoms with van der Waals surface area (Å²) >= 11 is 0. The maximum absolute atomic E-state index is 12.7. The van der Waals surface area contributed by atoms with Crippen molar-refractivity contribution in [1.29, 1.82) is 0 Å². The van der Waals surface area contributed by atoms with Gasteiger partial charge in [-0.3, -0.25) is 19.6 Å². The highest BCUT2D eigenvalue weighted by Crippen LogP contribution is 2.18. The summed E-state index contributed by atoms with van der Waals surface area (Å²) < 4.78 is 1.79. The van der Waals surface area contributed by atoms with Crippen LogP contribution in [0.25, 0.3) is 0 Å². The Labute approximate surface area is 142 Å². The Morgan fingerprint density at radius 2 is 2.21 bits per heavy atom. The topological polar surface area (TPSA) is 115 Å². The molecule has 0 spiro atoms. The molecule has 4 N–H and O–H groups in total. The van der Waals surface area contributed by atoms with Crippen molar-refractivity contribution in [2.75, 3.05) is 20.1 Å². The zero-order valence-corrected chi connectivity index (χ0v) is 14.8. The number of hydrogen-bond acceptors (Lipinski definition) is 7. The third kappa shape index (κ3) is 4.06. The van der Waals surface area contributed by atoms with Gasteiger partial charge in [0.2, 0.25) is 0 Å². The molecule has 1 aliphatic rings. The first kappa shape index (κ1) is 18.7. The van der Waals surface area contributed by atoms with Crippen LogP contribution in [0.4, 0.5) is 0 Å². The van der Waals surface area contributed by atoms with Crippen molar-refractivity contribution < 1.29 is 9.59 Å². The number of nitrogens with one attached hydrogen (secondary N) is 2. The summed E-state index contributed by atoms with van der Waals surface area (Å²) in [6.07, 6.45) is 4.76. The average Bonchev–Trinajstić information content (AvgIpc) is 3.02. The van der Waals surface area contributed by atoms with Gasteiger partial charge in [-0.1, -0.05) is 5.21 Å². The summed E-state index contributed by atoms with van der Waals surface area (Å²) in [5, 5.41) is 14.5. The fourth-order valence-corrected chi connectivity index (χ4v) is 3.00. The van der Waals surface area contributed by atoms with E-state index >= 15 is 0 Å². The molecule has 134 valence electrons. The standard InChI is InChI=1S/C16H28N6O2/c1-15(18-3)6-4-5-7-22-11-12(20-21-22)8-16(2,13(23)9-17)19-10-14(15)24/h11,18-19H,4-10,17H2,1-3H3/t15-,16-/m0/s1. The van der Waals surface area contributed by atoms with Gasteiger partial charge >= 0.3 is 0 Å². The van der Waals surface area contributed by atoms with Crippen molar-refractivity contribution in [1.82, 2.24) is 25.6 Å². The second kappa shape index (κ2) is 7.50. The van der Waals surface area contributed by atoms with Gasteiger partial charge in [-0.15, -0.1) is 5.10 Å². The van der Waals surface area contributed by atoms with Gasteiger partial charge in [0.05, 0.1) is 29.9 Å². The quantitative estimate of drug-likeness (QED) is 0.677. The summed E-state index contributed by atoms with van der Waals surface area (Å²) in [6, 6.07) is 0. The van der Waals surface area contributed by atoms with E-state index in [2.05, 4.69) is 20.9 Å². The Kier molecular flexibility index (Phi) is 5.84. The molecule has 0 aliphatic carbocycles. The van der Waals surface area contributed by atoms with E-state index in [0.717, 1.165) is 31.5 Å². The molecular weight excluding hydrogens is 308 g/mol. The van der Waals surface area contributed by atoms with Crippen molar-refractivity contribution in [2.24, 2.45) is 5.73 Å². The third-order valence-electron chi connectivity index (χ3n) is 5.04. The van der Waals surface area contributed by atoms with Crippen LogP contribution in [-0.4, -0.2) is 57.8 Å². The number of carbonyl (C=O) groups excluding carboxylic acids is 2. The highest BCUT2D eigenvalue weighted by atomic mass is 16.1. The molecule has 24 heavy (non-hydrogen) atoms. The Morgan fingerprint density at radius 1 is 1.46 bits per heavy atom. The lowest BCUT2D eigenvalue weighted by molar-refractivity contribution is -0.126. The molecule has 8 heteroatoms.